The molecule has 0 saturated carbocycles. The van der Waals surface area contributed by atoms with Crippen molar-refractivity contribution < 1.29 is 18.9 Å². The second-order valence-corrected chi connectivity index (χ2v) is 9.16. The lowest BCUT2D eigenvalue weighted by Crippen LogP contribution is -2.27. The van der Waals surface area contributed by atoms with Crippen LogP contribution in [0.1, 0.15) is 20.8 Å². The van der Waals surface area contributed by atoms with Crippen LogP contribution in [0.25, 0.3) is 26.4 Å². The number of imidazole rings is 1. The Kier molecular flexibility index (Phi) is 5.35. The van der Waals surface area contributed by atoms with E-state index in [1.807, 2.05) is 24.3 Å². The number of rotatable bonds is 6. The standard InChI is InChI=1S/C23H27N3O4S/c1-23(2,3)25-21-19(13-10-16(28-5)20(30-7)17(11-13)29-6)24-22-26(21)15-9-8-14(27-4)12-18(15)31-22/h8-12,25H,1-7H3. The summed E-state index contributed by atoms with van der Waals surface area (Å²) in [5.41, 5.74) is 2.59. The summed E-state index contributed by atoms with van der Waals surface area (Å²) in [7, 11) is 6.50. The molecule has 0 saturated heterocycles. The Bertz CT molecular complexity index is 1230. The highest BCUT2D eigenvalue weighted by atomic mass is 32.1. The lowest BCUT2D eigenvalue weighted by molar-refractivity contribution is 0.324. The Hall–Kier alpha value is -3.13. The van der Waals surface area contributed by atoms with Gasteiger partial charge in [-0.1, -0.05) is 11.3 Å². The highest BCUT2D eigenvalue weighted by molar-refractivity contribution is 7.23. The van der Waals surface area contributed by atoms with Crippen LogP contribution in [0.2, 0.25) is 0 Å². The summed E-state index contributed by atoms with van der Waals surface area (Å²) in [6, 6.07) is 9.91. The average Bonchev–Trinajstić information content (AvgIpc) is 3.27. The zero-order valence-electron chi connectivity index (χ0n) is 18.8. The van der Waals surface area contributed by atoms with Crippen molar-refractivity contribution in [1.82, 2.24) is 9.38 Å². The first-order valence-corrected chi connectivity index (χ1v) is 10.7. The number of hydrogen-bond donors (Lipinski definition) is 1. The van der Waals surface area contributed by atoms with Crippen molar-refractivity contribution in [3.8, 4) is 34.3 Å². The number of thiazole rings is 1. The molecule has 2 heterocycles. The number of hydrogen-bond acceptors (Lipinski definition) is 7. The zero-order chi connectivity index (χ0) is 22.3. The van der Waals surface area contributed by atoms with Gasteiger partial charge in [-0.3, -0.25) is 4.40 Å². The van der Waals surface area contributed by atoms with E-state index in [1.165, 1.54) is 0 Å². The van der Waals surface area contributed by atoms with Gasteiger partial charge in [-0.05, 0) is 51.1 Å². The van der Waals surface area contributed by atoms with Gasteiger partial charge in [-0.2, -0.15) is 0 Å². The van der Waals surface area contributed by atoms with E-state index in [-0.39, 0.29) is 5.54 Å². The maximum Gasteiger partial charge on any atom is 0.203 e. The van der Waals surface area contributed by atoms with Gasteiger partial charge in [0.2, 0.25) is 5.75 Å². The van der Waals surface area contributed by atoms with E-state index in [9.17, 15) is 0 Å². The van der Waals surface area contributed by atoms with Gasteiger partial charge >= 0.3 is 0 Å². The highest BCUT2D eigenvalue weighted by Gasteiger charge is 2.24. The van der Waals surface area contributed by atoms with Crippen LogP contribution in [-0.4, -0.2) is 43.4 Å². The van der Waals surface area contributed by atoms with Crippen LogP contribution < -0.4 is 24.3 Å². The van der Waals surface area contributed by atoms with Crippen molar-refractivity contribution in [3.05, 3.63) is 30.3 Å². The van der Waals surface area contributed by atoms with Gasteiger partial charge in [0, 0.05) is 11.1 Å². The second kappa shape index (κ2) is 7.85. The first kappa shape index (κ1) is 21.1. The first-order valence-electron chi connectivity index (χ1n) is 9.87. The Morgan fingerprint density at radius 3 is 2.13 bits per heavy atom. The van der Waals surface area contributed by atoms with Crippen molar-refractivity contribution in [2.24, 2.45) is 0 Å². The second-order valence-electron chi connectivity index (χ2n) is 8.15. The summed E-state index contributed by atoms with van der Waals surface area (Å²) in [4.78, 5) is 5.88. The van der Waals surface area contributed by atoms with Crippen LogP contribution >= 0.6 is 11.3 Å². The molecule has 8 heteroatoms. The molecule has 1 N–H and O–H groups in total. The average molecular weight is 442 g/mol. The van der Waals surface area contributed by atoms with E-state index in [1.54, 1.807) is 39.8 Å². The van der Waals surface area contributed by atoms with Gasteiger partial charge in [0.25, 0.3) is 0 Å². The lowest BCUT2D eigenvalue weighted by Gasteiger charge is -2.23. The summed E-state index contributed by atoms with van der Waals surface area (Å²) in [6.45, 7) is 6.38. The molecule has 31 heavy (non-hydrogen) atoms. The Morgan fingerprint density at radius 1 is 0.903 bits per heavy atom. The number of methoxy groups -OCH3 is 4. The molecule has 0 aliphatic rings. The first-order chi connectivity index (χ1) is 14.8. The van der Waals surface area contributed by atoms with Gasteiger partial charge in [-0.25, -0.2) is 4.98 Å². The predicted octanol–water partition coefficient (Wildman–Crippen LogP) is 5.46. The SMILES string of the molecule is COc1ccc2c(c1)sc1nc(-c3cc(OC)c(OC)c(OC)c3)c(NC(C)(C)C)n12. The third-order valence-electron chi connectivity index (χ3n) is 4.89. The van der Waals surface area contributed by atoms with E-state index in [4.69, 9.17) is 23.9 Å². The molecule has 7 nitrogen and oxygen atoms in total. The van der Waals surface area contributed by atoms with Crippen molar-refractivity contribution in [2.45, 2.75) is 26.3 Å². The van der Waals surface area contributed by atoms with Crippen molar-refractivity contribution in [3.63, 3.8) is 0 Å². The molecule has 0 amide bonds. The number of nitrogens with one attached hydrogen (secondary N) is 1. The maximum atomic E-state index is 5.56. The fraction of sp³-hybridized carbons (Fsp3) is 0.348. The topological polar surface area (TPSA) is 66.2 Å². The van der Waals surface area contributed by atoms with Crippen LogP contribution in [-0.2, 0) is 0 Å². The molecule has 0 unspecified atom stereocenters. The Morgan fingerprint density at radius 2 is 1.58 bits per heavy atom. The van der Waals surface area contributed by atoms with Crippen LogP contribution in [0, 0.1) is 0 Å². The lowest BCUT2D eigenvalue weighted by atomic mass is 10.1. The quantitative estimate of drug-likeness (QED) is 0.429. The molecule has 0 spiro atoms. The van der Waals surface area contributed by atoms with Crippen molar-refractivity contribution in [2.75, 3.05) is 33.8 Å². The molecule has 0 atom stereocenters. The number of nitrogens with zero attached hydrogens (tertiary/aromatic N) is 2. The van der Waals surface area contributed by atoms with E-state index >= 15 is 0 Å². The number of aromatic nitrogens is 2. The van der Waals surface area contributed by atoms with E-state index in [0.29, 0.717) is 17.2 Å². The third kappa shape index (κ3) is 3.72. The minimum absolute atomic E-state index is 0.175. The van der Waals surface area contributed by atoms with Gasteiger partial charge in [0.1, 0.15) is 17.3 Å². The van der Waals surface area contributed by atoms with Gasteiger partial charge in [0.05, 0.1) is 38.7 Å². The number of anilines is 1. The Labute approximate surface area is 185 Å². The normalized spacial score (nSPS) is 11.7. The predicted molar refractivity (Wildman–Crippen MR) is 126 cm³/mol. The van der Waals surface area contributed by atoms with Crippen molar-refractivity contribution >= 4 is 32.3 Å². The van der Waals surface area contributed by atoms with Crippen LogP contribution in [0.15, 0.2) is 30.3 Å². The molecule has 2 aromatic heterocycles. The fourth-order valence-electron chi connectivity index (χ4n) is 3.57. The molecule has 0 aliphatic heterocycles. The molecule has 0 fully saturated rings. The zero-order valence-corrected chi connectivity index (χ0v) is 19.6. The summed E-state index contributed by atoms with van der Waals surface area (Å²) >= 11 is 1.62. The van der Waals surface area contributed by atoms with Gasteiger partial charge < -0.3 is 24.3 Å². The summed E-state index contributed by atoms with van der Waals surface area (Å²) < 4.78 is 25.3. The monoisotopic (exact) mass is 441 g/mol. The molecule has 0 bridgehead atoms. The minimum Gasteiger partial charge on any atom is -0.497 e. The van der Waals surface area contributed by atoms with Gasteiger partial charge in [0.15, 0.2) is 16.5 Å². The minimum atomic E-state index is -0.175. The largest absolute Gasteiger partial charge is 0.497 e. The number of ether oxygens (including phenoxy) is 4. The molecule has 0 radical (unpaired) electrons. The molecule has 4 aromatic rings. The Balaban J connectivity index is 2.01. The summed E-state index contributed by atoms with van der Waals surface area (Å²) in [5, 5.41) is 3.64. The summed E-state index contributed by atoms with van der Waals surface area (Å²) in [5.74, 6) is 3.46. The fourth-order valence-corrected chi connectivity index (χ4v) is 4.62. The summed E-state index contributed by atoms with van der Waals surface area (Å²) in [6.07, 6.45) is 0. The molecule has 2 aromatic carbocycles. The number of fused-ring (bicyclic) bond motifs is 3. The van der Waals surface area contributed by atoms with Crippen LogP contribution in [0.3, 0.4) is 0 Å². The molecule has 4 rings (SSSR count). The molecule has 164 valence electrons. The van der Waals surface area contributed by atoms with Crippen molar-refractivity contribution in [1.29, 1.82) is 0 Å². The van der Waals surface area contributed by atoms with E-state index < -0.39 is 0 Å². The van der Waals surface area contributed by atoms with Crippen LogP contribution in [0.4, 0.5) is 5.82 Å². The highest BCUT2D eigenvalue weighted by Crippen LogP contribution is 2.44. The molecular weight excluding hydrogens is 414 g/mol. The van der Waals surface area contributed by atoms with Crippen LogP contribution in [0.5, 0.6) is 23.0 Å². The van der Waals surface area contributed by atoms with E-state index in [2.05, 4.69) is 36.6 Å². The van der Waals surface area contributed by atoms with Gasteiger partial charge in [-0.15, -0.1) is 0 Å². The molecular formula is C23H27N3O4S. The molecule has 0 aliphatic carbocycles. The third-order valence-corrected chi connectivity index (χ3v) is 5.89. The maximum absolute atomic E-state index is 5.56. The smallest absolute Gasteiger partial charge is 0.203 e. The van der Waals surface area contributed by atoms with E-state index in [0.717, 1.165) is 38.0 Å². The number of benzene rings is 2.